The molecule has 0 bridgehead atoms. The molecule has 7 heteroatoms. The monoisotopic (exact) mass is 548 g/mol. The maximum absolute atomic E-state index is 13.1. The van der Waals surface area contributed by atoms with Crippen molar-refractivity contribution in [1.82, 2.24) is 0 Å². The van der Waals surface area contributed by atoms with E-state index in [4.69, 9.17) is 14.2 Å². The third-order valence-electron chi connectivity index (χ3n) is 8.00. The molecule has 0 unspecified atom stereocenters. The number of esters is 2. The highest BCUT2D eigenvalue weighted by atomic mass is 32.1. The molecule has 8 rings (SSSR count). The van der Waals surface area contributed by atoms with Gasteiger partial charge in [-0.2, -0.15) is 0 Å². The van der Waals surface area contributed by atoms with E-state index >= 15 is 0 Å². The number of cyclic esters (lactones) is 2. The SMILES string of the molecule is COc1cc2c(cc1-c1cccs1)Cc1c3c(c4c(c1-2)-c1cc(OC)c(-c2cccs2)cc1C4)C(=O)OC3=O. The lowest BCUT2D eigenvalue weighted by molar-refractivity contribution is 0.0443. The number of hydrogen-bond acceptors (Lipinski definition) is 7. The summed E-state index contributed by atoms with van der Waals surface area (Å²) in [7, 11) is 3.37. The zero-order valence-electron chi connectivity index (χ0n) is 21.0. The molecule has 2 aliphatic carbocycles. The van der Waals surface area contributed by atoms with Gasteiger partial charge in [0.15, 0.2) is 0 Å². The highest BCUT2D eigenvalue weighted by Crippen LogP contribution is 2.56. The van der Waals surface area contributed by atoms with Gasteiger partial charge in [-0.3, -0.25) is 0 Å². The molecule has 5 aromatic rings. The van der Waals surface area contributed by atoms with Gasteiger partial charge >= 0.3 is 11.9 Å². The Morgan fingerprint density at radius 3 is 1.49 bits per heavy atom. The van der Waals surface area contributed by atoms with Crippen LogP contribution in [-0.4, -0.2) is 26.2 Å². The van der Waals surface area contributed by atoms with Crippen LogP contribution in [0.3, 0.4) is 0 Å². The fourth-order valence-electron chi connectivity index (χ4n) is 6.41. The van der Waals surface area contributed by atoms with E-state index in [-0.39, 0.29) is 0 Å². The zero-order valence-corrected chi connectivity index (χ0v) is 22.7. The van der Waals surface area contributed by atoms with Crippen LogP contribution in [0.1, 0.15) is 43.0 Å². The molecule has 5 nitrogen and oxygen atoms in total. The predicted octanol–water partition coefficient (Wildman–Crippen LogP) is 7.61. The summed E-state index contributed by atoms with van der Waals surface area (Å²) in [5.41, 5.74) is 10.8. The minimum Gasteiger partial charge on any atom is -0.496 e. The summed E-state index contributed by atoms with van der Waals surface area (Å²) >= 11 is 3.32. The number of carbonyl (C=O) groups excluding carboxylic acids is 2. The van der Waals surface area contributed by atoms with Crippen molar-refractivity contribution in [3.63, 3.8) is 0 Å². The lowest BCUT2D eigenvalue weighted by atomic mass is 9.87. The Bertz CT molecular complexity index is 1740. The summed E-state index contributed by atoms with van der Waals surface area (Å²) in [6.07, 6.45) is 1.09. The van der Waals surface area contributed by atoms with E-state index in [0.29, 0.717) is 24.0 Å². The number of carbonyl (C=O) groups is 2. The number of methoxy groups -OCH3 is 2. The summed E-state index contributed by atoms with van der Waals surface area (Å²) in [6.45, 7) is 0. The summed E-state index contributed by atoms with van der Waals surface area (Å²) in [4.78, 5) is 28.4. The molecule has 190 valence electrons. The van der Waals surface area contributed by atoms with E-state index in [1.807, 2.05) is 22.9 Å². The van der Waals surface area contributed by atoms with Crippen molar-refractivity contribution >= 4 is 34.6 Å². The van der Waals surface area contributed by atoms with Crippen LogP contribution in [0.15, 0.2) is 59.3 Å². The average molecular weight is 549 g/mol. The first kappa shape index (κ1) is 22.8. The van der Waals surface area contributed by atoms with Gasteiger partial charge in [0, 0.05) is 20.9 Å². The fourth-order valence-corrected chi connectivity index (χ4v) is 7.91. The molecule has 3 aromatic carbocycles. The number of rotatable bonds is 4. The molecular formula is C32H20O5S2. The standard InChI is InChI=1S/C32H20O5S2/c1-35-23-13-17-15(9-19(23)25-5-3-7-38-25)11-21-27(17)28-18-14-24(36-2)20(26-6-4-8-39-26)10-16(18)12-22(28)30-29(21)31(33)37-32(30)34/h3-10,13-14H,11-12H2,1-2H3. The van der Waals surface area contributed by atoms with Crippen LogP contribution in [0.25, 0.3) is 43.1 Å². The first-order valence-corrected chi connectivity index (χ1v) is 14.3. The predicted molar refractivity (Wildman–Crippen MR) is 152 cm³/mol. The Balaban J connectivity index is 1.43. The highest BCUT2D eigenvalue weighted by molar-refractivity contribution is 7.13. The molecule has 0 fully saturated rings. The van der Waals surface area contributed by atoms with Gasteiger partial charge < -0.3 is 14.2 Å². The molecule has 3 aliphatic rings. The largest absolute Gasteiger partial charge is 0.496 e. The van der Waals surface area contributed by atoms with Crippen LogP contribution in [0.4, 0.5) is 0 Å². The molecule has 0 saturated carbocycles. The lowest BCUT2D eigenvalue weighted by Gasteiger charge is -2.16. The molecule has 0 radical (unpaired) electrons. The summed E-state index contributed by atoms with van der Waals surface area (Å²) < 4.78 is 16.9. The minimum absolute atomic E-state index is 0.417. The smallest absolute Gasteiger partial charge is 0.347 e. The molecule has 0 saturated heterocycles. The van der Waals surface area contributed by atoms with Crippen molar-refractivity contribution in [3.05, 3.63) is 92.7 Å². The summed E-state index contributed by atoms with van der Waals surface area (Å²) in [5, 5.41) is 4.10. The van der Waals surface area contributed by atoms with Crippen molar-refractivity contribution in [2.45, 2.75) is 12.8 Å². The van der Waals surface area contributed by atoms with Gasteiger partial charge in [0.05, 0.1) is 25.3 Å². The van der Waals surface area contributed by atoms with Crippen LogP contribution in [0, 0.1) is 0 Å². The maximum Gasteiger partial charge on any atom is 0.347 e. The number of ether oxygens (including phenoxy) is 3. The maximum atomic E-state index is 13.1. The highest BCUT2D eigenvalue weighted by Gasteiger charge is 2.43. The molecule has 2 aromatic heterocycles. The van der Waals surface area contributed by atoms with Crippen LogP contribution in [-0.2, 0) is 17.6 Å². The van der Waals surface area contributed by atoms with E-state index in [0.717, 1.165) is 76.9 Å². The third kappa shape index (κ3) is 3.05. The first-order valence-electron chi connectivity index (χ1n) is 12.6. The Labute approximate surface area is 232 Å². The molecular weight excluding hydrogens is 528 g/mol. The number of thiophene rings is 2. The second-order valence-corrected chi connectivity index (χ2v) is 11.8. The molecule has 0 atom stereocenters. The van der Waals surface area contributed by atoms with E-state index in [1.165, 1.54) is 0 Å². The second kappa shape index (κ2) is 8.15. The quantitative estimate of drug-likeness (QED) is 0.167. The van der Waals surface area contributed by atoms with Crippen molar-refractivity contribution < 1.29 is 23.8 Å². The van der Waals surface area contributed by atoms with E-state index in [9.17, 15) is 9.59 Å². The zero-order chi connectivity index (χ0) is 26.4. The van der Waals surface area contributed by atoms with Crippen LogP contribution in [0.5, 0.6) is 11.5 Å². The second-order valence-electron chi connectivity index (χ2n) is 9.86. The molecule has 0 spiro atoms. The topological polar surface area (TPSA) is 61.8 Å². The van der Waals surface area contributed by atoms with Crippen LogP contribution < -0.4 is 9.47 Å². The molecule has 1 aliphatic heterocycles. The number of hydrogen-bond donors (Lipinski definition) is 0. The van der Waals surface area contributed by atoms with Crippen LogP contribution >= 0.6 is 22.7 Å². The van der Waals surface area contributed by atoms with Gasteiger partial charge in [-0.25, -0.2) is 9.59 Å². The number of fused-ring (bicyclic) bond motifs is 10. The Kier molecular flexibility index (Phi) is 4.75. The third-order valence-corrected chi connectivity index (χ3v) is 9.80. The van der Waals surface area contributed by atoms with Gasteiger partial charge in [-0.15, -0.1) is 22.7 Å². The normalized spacial score (nSPS) is 14.0. The fraction of sp³-hybridized carbons (Fsp3) is 0.125. The average Bonchev–Trinajstić information content (AvgIpc) is 3.77. The van der Waals surface area contributed by atoms with E-state index in [1.54, 1.807) is 36.9 Å². The van der Waals surface area contributed by atoms with Gasteiger partial charge in [0.25, 0.3) is 0 Å². The summed E-state index contributed by atoms with van der Waals surface area (Å²) in [5.74, 6) is 0.446. The van der Waals surface area contributed by atoms with Gasteiger partial charge in [0.1, 0.15) is 11.5 Å². The number of benzene rings is 3. The minimum atomic E-state index is -0.555. The Hall–Kier alpha value is -4.20. The lowest BCUT2D eigenvalue weighted by Crippen LogP contribution is -2.03. The van der Waals surface area contributed by atoms with Crippen molar-refractivity contribution in [2.75, 3.05) is 14.2 Å². The molecule has 0 amide bonds. The Morgan fingerprint density at radius 1 is 0.641 bits per heavy atom. The van der Waals surface area contributed by atoms with E-state index < -0.39 is 11.9 Å². The Morgan fingerprint density at radius 2 is 1.10 bits per heavy atom. The van der Waals surface area contributed by atoms with Gasteiger partial charge in [-0.05, 0) is 105 Å². The van der Waals surface area contributed by atoms with Gasteiger partial charge in [0.2, 0.25) is 0 Å². The van der Waals surface area contributed by atoms with Crippen molar-refractivity contribution in [1.29, 1.82) is 0 Å². The van der Waals surface area contributed by atoms with E-state index in [2.05, 4.69) is 36.4 Å². The van der Waals surface area contributed by atoms with Crippen molar-refractivity contribution in [3.8, 4) is 54.6 Å². The molecule has 3 heterocycles. The van der Waals surface area contributed by atoms with Gasteiger partial charge in [-0.1, -0.05) is 12.1 Å². The summed E-state index contributed by atoms with van der Waals surface area (Å²) in [6, 6.07) is 16.7. The van der Waals surface area contributed by atoms with Crippen molar-refractivity contribution in [2.24, 2.45) is 0 Å². The first-order chi connectivity index (χ1) is 19.1. The molecule has 39 heavy (non-hydrogen) atoms. The van der Waals surface area contributed by atoms with Crippen LogP contribution in [0.2, 0.25) is 0 Å². The molecule has 0 N–H and O–H groups in total.